The first-order valence-corrected chi connectivity index (χ1v) is 9.23. The molecule has 0 aromatic rings. The van der Waals surface area contributed by atoms with Crippen LogP contribution in [-0.4, -0.2) is 55.5 Å². The molecule has 1 aliphatic carbocycles. The van der Waals surface area contributed by atoms with Crippen molar-refractivity contribution in [1.29, 1.82) is 0 Å². The molecule has 0 spiro atoms. The summed E-state index contributed by atoms with van der Waals surface area (Å²) in [5.74, 6) is 1.25. The topological polar surface area (TPSA) is 82.8 Å². The van der Waals surface area contributed by atoms with Gasteiger partial charge in [-0.15, -0.1) is 24.0 Å². The molecule has 0 radical (unpaired) electrons. The number of carbonyl (C=O) groups excluding carboxylic acids is 1. The van der Waals surface area contributed by atoms with Crippen molar-refractivity contribution in [3.8, 4) is 0 Å². The van der Waals surface area contributed by atoms with Crippen LogP contribution < -0.4 is 16.4 Å². The quantitative estimate of drug-likeness (QED) is 0.227. The molecule has 1 atom stereocenters. The van der Waals surface area contributed by atoms with Gasteiger partial charge in [-0.25, -0.2) is 0 Å². The van der Waals surface area contributed by atoms with Gasteiger partial charge in [0.2, 0.25) is 5.91 Å². The van der Waals surface area contributed by atoms with Gasteiger partial charge in [-0.3, -0.25) is 14.7 Å². The summed E-state index contributed by atoms with van der Waals surface area (Å²) in [6.45, 7) is 6.45. The number of nitrogens with one attached hydrogen (secondary N) is 2. The molecule has 1 saturated carbocycles. The van der Waals surface area contributed by atoms with E-state index in [0.29, 0.717) is 37.4 Å². The number of nitrogens with two attached hydrogens (primary N) is 1. The van der Waals surface area contributed by atoms with E-state index in [9.17, 15) is 4.79 Å². The van der Waals surface area contributed by atoms with E-state index in [-0.39, 0.29) is 29.9 Å². The fourth-order valence-corrected chi connectivity index (χ4v) is 3.72. The fourth-order valence-electron chi connectivity index (χ4n) is 3.72. The van der Waals surface area contributed by atoms with Crippen molar-refractivity contribution in [3.63, 3.8) is 0 Å². The monoisotopic (exact) mass is 451 g/mol. The van der Waals surface area contributed by atoms with Gasteiger partial charge in [0.25, 0.3) is 0 Å². The zero-order chi connectivity index (χ0) is 16.5. The molecule has 0 bridgehead atoms. The second kappa shape index (κ2) is 11.9. The molecule has 1 aliphatic heterocycles. The third-order valence-electron chi connectivity index (χ3n) is 5.08. The van der Waals surface area contributed by atoms with Gasteiger partial charge in [-0.05, 0) is 44.7 Å². The average Bonchev–Trinajstić information content (AvgIpc) is 3.20. The third kappa shape index (κ3) is 7.55. The number of aliphatic imine (C=N–C) groups is 1. The number of guanidine groups is 1. The van der Waals surface area contributed by atoms with Crippen LogP contribution >= 0.6 is 24.0 Å². The van der Waals surface area contributed by atoms with Crippen LogP contribution in [0.15, 0.2) is 4.99 Å². The number of carbonyl (C=O) groups is 1. The molecule has 7 heteroatoms. The largest absolute Gasteiger partial charge is 0.370 e. The Morgan fingerprint density at radius 2 is 1.88 bits per heavy atom. The molecule has 1 heterocycles. The standard InChI is InChI=1S/C17H33N5O.HI/c1-2-22-11-5-8-15(22)13-21-17(18)20-10-9-19-16(23)12-14-6-3-4-7-14;/h14-15H,2-13H2,1H3,(H,19,23)(H3,18,20,21);1H. The van der Waals surface area contributed by atoms with Crippen LogP contribution in [-0.2, 0) is 4.79 Å². The highest BCUT2D eigenvalue weighted by atomic mass is 127. The second-order valence-corrected chi connectivity index (χ2v) is 6.78. The van der Waals surface area contributed by atoms with Crippen LogP contribution in [0.4, 0.5) is 0 Å². The van der Waals surface area contributed by atoms with Crippen LogP contribution in [0.1, 0.15) is 51.9 Å². The Hall–Kier alpha value is -0.570. The molecule has 2 fully saturated rings. The Morgan fingerprint density at radius 1 is 1.17 bits per heavy atom. The number of amides is 1. The molecular formula is C17H34IN5O. The molecule has 6 nitrogen and oxygen atoms in total. The van der Waals surface area contributed by atoms with Gasteiger partial charge in [-0.2, -0.15) is 0 Å². The number of likely N-dealkylation sites (tertiary alicyclic amines) is 1. The minimum absolute atomic E-state index is 0. The van der Waals surface area contributed by atoms with E-state index in [1.54, 1.807) is 0 Å². The summed E-state index contributed by atoms with van der Waals surface area (Å²) >= 11 is 0. The van der Waals surface area contributed by atoms with Crippen molar-refractivity contribution >= 4 is 35.8 Å². The van der Waals surface area contributed by atoms with E-state index >= 15 is 0 Å². The maximum atomic E-state index is 11.8. The number of likely N-dealkylation sites (N-methyl/N-ethyl adjacent to an activating group) is 1. The van der Waals surface area contributed by atoms with Crippen LogP contribution in [0.3, 0.4) is 0 Å². The first-order chi connectivity index (χ1) is 11.2. The Labute approximate surface area is 163 Å². The Morgan fingerprint density at radius 3 is 2.58 bits per heavy atom. The zero-order valence-corrected chi connectivity index (χ0v) is 17.3. The van der Waals surface area contributed by atoms with Crippen LogP contribution in [0.25, 0.3) is 0 Å². The molecule has 0 aromatic heterocycles. The van der Waals surface area contributed by atoms with Gasteiger partial charge in [0, 0.05) is 25.6 Å². The van der Waals surface area contributed by atoms with Gasteiger partial charge in [0.05, 0.1) is 6.54 Å². The SMILES string of the molecule is CCN1CCCC1CN=C(N)NCCNC(=O)CC1CCCC1.I. The maximum Gasteiger partial charge on any atom is 0.220 e. The average molecular weight is 451 g/mol. The molecule has 2 aliphatic rings. The molecular weight excluding hydrogens is 417 g/mol. The Kier molecular flexibility index (Phi) is 10.6. The number of nitrogens with zero attached hydrogens (tertiary/aromatic N) is 2. The summed E-state index contributed by atoms with van der Waals surface area (Å²) in [6, 6.07) is 0.534. The van der Waals surface area contributed by atoms with Crippen LogP contribution in [0, 0.1) is 5.92 Å². The molecule has 2 rings (SSSR count). The Balaban J connectivity index is 0.00000288. The highest BCUT2D eigenvalue weighted by Gasteiger charge is 2.22. The predicted molar refractivity (Wildman–Crippen MR) is 110 cm³/mol. The van der Waals surface area contributed by atoms with Crippen molar-refractivity contribution < 1.29 is 4.79 Å². The Bertz CT molecular complexity index is 398. The maximum absolute atomic E-state index is 11.8. The summed E-state index contributed by atoms with van der Waals surface area (Å²) in [5.41, 5.74) is 5.90. The lowest BCUT2D eigenvalue weighted by Crippen LogP contribution is -2.39. The molecule has 4 N–H and O–H groups in total. The van der Waals surface area contributed by atoms with Crippen molar-refractivity contribution in [2.45, 2.75) is 57.9 Å². The molecule has 140 valence electrons. The highest BCUT2D eigenvalue weighted by molar-refractivity contribution is 14.0. The summed E-state index contributed by atoms with van der Waals surface area (Å²) in [5, 5.41) is 6.04. The number of hydrogen-bond donors (Lipinski definition) is 3. The summed E-state index contributed by atoms with van der Waals surface area (Å²) < 4.78 is 0. The van der Waals surface area contributed by atoms with Crippen molar-refractivity contribution in [1.82, 2.24) is 15.5 Å². The first-order valence-electron chi connectivity index (χ1n) is 9.23. The van der Waals surface area contributed by atoms with E-state index in [1.165, 1.54) is 45.1 Å². The number of rotatable bonds is 8. The molecule has 1 saturated heterocycles. The summed E-state index contributed by atoms with van der Waals surface area (Å²) in [6.07, 6.45) is 8.13. The van der Waals surface area contributed by atoms with Crippen molar-refractivity contribution in [2.75, 3.05) is 32.7 Å². The van der Waals surface area contributed by atoms with Gasteiger partial charge in [-0.1, -0.05) is 19.8 Å². The fraction of sp³-hybridized carbons (Fsp3) is 0.882. The van der Waals surface area contributed by atoms with E-state index in [1.807, 2.05) is 0 Å². The van der Waals surface area contributed by atoms with E-state index in [2.05, 4.69) is 27.4 Å². The lowest BCUT2D eigenvalue weighted by molar-refractivity contribution is -0.121. The van der Waals surface area contributed by atoms with E-state index < -0.39 is 0 Å². The van der Waals surface area contributed by atoms with E-state index in [0.717, 1.165) is 13.1 Å². The number of hydrogen-bond acceptors (Lipinski definition) is 3. The molecule has 1 unspecified atom stereocenters. The van der Waals surface area contributed by atoms with Gasteiger partial charge >= 0.3 is 0 Å². The lowest BCUT2D eigenvalue weighted by atomic mass is 10.0. The number of halogens is 1. The van der Waals surface area contributed by atoms with E-state index in [4.69, 9.17) is 5.73 Å². The minimum Gasteiger partial charge on any atom is -0.370 e. The van der Waals surface area contributed by atoms with Crippen molar-refractivity contribution in [2.24, 2.45) is 16.6 Å². The van der Waals surface area contributed by atoms with Crippen molar-refractivity contribution in [3.05, 3.63) is 0 Å². The zero-order valence-electron chi connectivity index (χ0n) is 14.9. The summed E-state index contributed by atoms with van der Waals surface area (Å²) in [7, 11) is 0. The minimum atomic E-state index is 0. The third-order valence-corrected chi connectivity index (χ3v) is 5.08. The molecule has 0 aromatic carbocycles. The normalized spacial score (nSPS) is 22.4. The van der Waals surface area contributed by atoms with Gasteiger partial charge in [0.15, 0.2) is 5.96 Å². The first kappa shape index (κ1) is 21.5. The van der Waals surface area contributed by atoms with Crippen LogP contribution in [0.5, 0.6) is 0 Å². The van der Waals surface area contributed by atoms with Crippen LogP contribution in [0.2, 0.25) is 0 Å². The van der Waals surface area contributed by atoms with Gasteiger partial charge in [0.1, 0.15) is 0 Å². The smallest absolute Gasteiger partial charge is 0.220 e. The summed E-state index contributed by atoms with van der Waals surface area (Å²) in [4.78, 5) is 18.7. The van der Waals surface area contributed by atoms with Gasteiger partial charge < -0.3 is 16.4 Å². The lowest BCUT2D eigenvalue weighted by Gasteiger charge is -2.21. The highest BCUT2D eigenvalue weighted by Crippen LogP contribution is 2.27. The predicted octanol–water partition coefficient (Wildman–Crippen LogP) is 1.69. The molecule has 1 amide bonds. The second-order valence-electron chi connectivity index (χ2n) is 6.78. The molecule has 24 heavy (non-hydrogen) atoms.